The molecule has 2 aliphatic heterocycles. The minimum atomic E-state index is -1.78. The van der Waals surface area contributed by atoms with Gasteiger partial charge >= 0.3 is 0 Å². The summed E-state index contributed by atoms with van der Waals surface area (Å²) in [6, 6.07) is -0.828. The Labute approximate surface area is 488 Å². The Balaban J connectivity index is 1.69. The first-order chi connectivity index (χ1) is 39.1. The molecular formula is C66H127NO13. The SMILES string of the molecule is CCCCCCCCCC/C=C\CCCCCCCCCCCC(=O)NC(COC1OC(CO)C(OC2OC(CO)C(O)C(O)C2O)C(O)C1O)C(O)CCCCCCCCCCCCCCCCCCCCCCCCCCC. The molecule has 12 unspecified atom stereocenters. The van der Waals surface area contributed by atoms with E-state index in [-0.39, 0.29) is 12.5 Å². The average molecular weight is 1140 g/mol. The van der Waals surface area contributed by atoms with Crippen LogP contribution in [0.5, 0.6) is 0 Å². The summed E-state index contributed by atoms with van der Waals surface area (Å²) in [4.78, 5) is 13.3. The van der Waals surface area contributed by atoms with Gasteiger partial charge in [0.05, 0.1) is 32.0 Å². The quantitative estimate of drug-likeness (QED) is 0.0204. The summed E-state index contributed by atoms with van der Waals surface area (Å²) in [7, 11) is 0. The highest BCUT2D eigenvalue weighted by molar-refractivity contribution is 5.76. The van der Waals surface area contributed by atoms with Crippen LogP contribution in [0.2, 0.25) is 0 Å². The first-order valence-corrected chi connectivity index (χ1v) is 33.9. The van der Waals surface area contributed by atoms with Crippen LogP contribution in [0.4, 0.5) is 0 Å². The van der Waals surface area contributed by atoms with E-state index in [9.17, 15) is 45.6 Å². The van der Waals surface area contributed by atoms with Crippen LogP contribution in [-0.4, -0.2) is 140 Å². The summed E-state index contributed by atoms with van der Waals surface area (Å²) in [5.74, 6) is -0.203. The summed E-state index contributed by atoms with van der Waals surface area (Å²) in [5.41, 5.74) is 0. The van der Waals surface area contributed by atoms with Crippen LogP contribution < -0.4 is 5.32 Å². The summed E-state index contributed by atoms with van der Waals surface area (Å²) >= 11 is 0. The molecule has 2 saturated heterocycles. The average Bonchev–Trinajstić information content (AvgIpc) is 3.46. The third-order valence-electron chi connectivity index (χ3n) is 17.0. The van der Waals surface area contributed by atoms with E-state index in [0.717, 1.165) is 51.4 Å². The molecule has 474 valence electrons. The molecule has 12 atom stereocenters. The second-order valence-electron chi connectivity index (χ2n) is 24.3. The molecule has 2 aliphatic rings. The van der Waals surface area contributed by atoms with E-state index in [0.29, 0.717) is 12.8 Å². The van der Waals surface area contributed by atoms with Gasteiger partial charge in [-0.05, 0) is 38.5 Å². The van der Waals surface area contributed by atoms with Gasteiger partial charge in [0.2, 0.25) is 5.91 Å². The number of carbonyl (C=O) groups is 1. The molecule has 0 bridgehead atoms. The van der Waals surface area contributed by atoms with Gasteiger partial charge < -0.3 is 65.1 Å². The number of nitrogens with one attached hydrogen (secondary N) is 1. The van der Waals surface area contributed by atoms with Crippen LogP contribution in [0.15, 0.2) is 12.2 Å². The van der Waals surface area contributed by atoms with Crippen LogP contribution in [0.1, 0.15) is 309 Å². The van der Waals surface area contributed by atoms with Crippen molar-refractivity contribution in [2.45, 2.75) is 383 Å². The lowest BCUT2D eigenvalue weighted by molar-refractivity contribution is -0.359. The third kappa shape index (κ3) is 36.5. The third-order valence-corrected chi connectivity index (χ3v) is 17.0. The van der Waals surface area contributed by atoms with Crippen LogP contribution in [0.3, 0.4) is 0 Å². The summed E-state index contributed by atoms with van der Waals surface area (Å²) < 4.78 is 22.9. The fraction of sp³-hybridized carbons (Fsp3) is 0.955. The second kappa shape index (κ2) is 52.1. The Morgan fingerprint density at radius 2 is 0.787 bits per heavy atom. The number of aliphatic hydroxyl groups is 8. The molecule has 0 aliphatic carbocycles. The van der Waals surface area contributed by atoms with Crippen LogP contribution >= 0.6 is 0 Å². The smallest absolute Gasteiger partial charge is 0.220 e. The second-order valence-corrected chi connectivity index (χ2v) is 24.3. The van der Waals surface area contributed by atoms with E-state index in [1.54, 1.807) is 0 Å². The lowest BCUT2D eigenvalue weighted by atomic mass is 9.97. The first kappa shape index (κ1) is 74.8. The normalized spacial score (nSPS) is 24.2. The van der Waals surface area contributed by atoms with Gasteiger partial charge in [0.1, 0.15) is 48.8 Å². The van der Waals surface area contributed by atoms with Crippen molar-refractivity contribution in [2.24, 2.45) is 0 Å². The van der Waals surface area contributed by atoms with Gasteiger partial charge in [-0.3, -0.25) is 4.79 Å². The maximum atomic E-state index is 13.3. The molecule has 1 amide bonds. The monoisotopic (exact) mass is 1140 g/mol. The first-order valence-electron chi connectivity index (χ1n) is 33.9. The Hall–Kier alpha value is -1.27. The molecule has 0 saturated carbocycles. The van der Waals surface area contributed by atoms with Gasteiger partial charge in [-0.2, -0.15) is 0 Å². The predicted molar refractivity (Wildman–Crippen MR) is 323 cm³/mol. The number of hydrogen-bond acceptors (Lipinski definition) is 13. The molecule has 9 N–H and O–H groups in total. The van der Waals surface area contributed by atoms with Gasteiger partial charge in [-0.15, -0.1) is 0 Å². The lowest BCUT2D eigenvalue weighted by Crippen LogP contribution is -2.65. The van der Waals surface area contributed by atoms with Gasteiger partial charge in [0.25, 0.3) is 0 Å². The number of unbranched alkanes of at least 4 members (excludes halogenated alkanes) is 41. The van der Waals surface area contributed by atoms with E-state index >= 15 is 0 Å². The number of hydrogen-bond donors (Lipinski definition) is 9. The van der Waals surface area contributed by atoms with Gasteiger partial charge in [0.15, 0.2) is 12.6 Å². The molecule has 0 aromatic rings. The Kier molecular flexibility index (Phi) is 48.7. The number of allylic oxidation sites excluding steroid dienone is 2. The summed E-state index contributed by atoms with van der Waals surface area (Å²) in [5, 5.41) is 87.5. The van der Waals surface area contributed by atoms with Gasteiger partial charge in [-0.25, -0.2) is 0 Å². The summed E-state index contributed by atoms with van der Waals surface area (Å²) in [6.07, 6.45) is 45.0. The number of rotatable bonds is 56. The molecule has 14 heteroatoms. The molecule has 0 radical (unpaired) electrons. The van der Waals surface area contributed by atoms with E-state index in [1.807, 2.05) is 0 Å². The molecule has 14 nitrogen and oxygen atoms in total. The van der Waals surface area contributed by atoms with Crippen LogP contribution in [0.25, 0.3) is 0 Å². The maximum Gasteiger partial charge on any atom is 0.220 e. The molecule has 80 heavy (non-hydrogen) atoms. The van der Waals surface area contributed by atoms with Crippen molar-refractivity contribution < 1.29 is 64.6 Å². The van der Waals surface area contributed by atoms with E-state index < -0.39 is 86.8 Å². The van der Waals surface area contributed by atoms with Crippen LogP contribution in [0, 0.1) is 0 Å². The fourth-order valence-corrected chi connectivity index (χ4v) is 11.5. The Morgan fingerprint density at radius 1 is 0.438 bits per heavy atom. The standard InChI is InChI=1S/C66H127NO13/c1-3-5-7-9-11-13-15-17-19-21-23-25-26-27-28-30-31-33-35-37-39-41-43-45-47-49-55(70)54(53-77-65-63(76)61(74)64(57(52-69)79-65)80-66-62(75)60(73)59(72)56(51-68)78-66)67-58(71)50-48-46-44-42-40-38-36-34-32-29-24-22-20-18-16-14-12-10-8-6-4-2/h22,24,54-57,59-66,68-70,72-76H,3-21,23,25-53H2,1-2H3,(H,67,71)/b24-22-. The van der Waals surface area contributed by atoms with Crippen molar-refractivity contribution in [3.63, 3.8) is 0 Å². The number of amides is 1. The minimum absolute atomic E-state index is 0.203. The maximum absolute atomic E-state index is 13.3. The molecule has 2 fully saturated rings. The predicted octanol–water partition coefficient (Wildman–Crippen LogP) is 13.0. The van der Waals surface area contributed by atoms with Crippen LogP contribution in [-0.2, 0) is 23.7 Å². The van der Waals surface area contributed by atoms with Gasteiger partial charge in [-0.1, -0.05) is 276 Å². The fourth-order valence-electron chi connectivity index (χ4n) is 11.5. The molecular weight excluding hydrogens is 1010 g/mol. The minimum Gasteiger partial charge on any atom is -0.394 e. The topological polar surface area (TPSA) is 228 Å². The number of carbonyl (C=O) groups excluding carboxylic acids is 1. The van der Waals surface area contributed by atoms with Crippen molar-refractivity contribution in [3.8, 4) is 0 Å². The highest BCUT2D eigenvalue weighted by atomic mass is 16.7. The van der Waals surface area contributed by atoms with Crippen molar-refractivity contribution in [3.05, 3.63) is 12.2 Å². The summed E-state index contributed by atoms with van der Waals surface area (Å²) in [6.45, 7) is 2.91. The molecule has 2 rings (SSSR count). The highest BCUT2D eigenvalue weighted by Gasteiger charge is 2.51. The Morgan fingerprint density at radius 3 is 1.19 bits per heavy atom. The van der Waals surface area contributed by atoms with Crippen molar-refractivity contribution in [1.29, 1.82) is 0 Å². The van der Waals surface area contributed by atoms with Crippen molar-refractivity contribution in [2.75, 3.05) is 19.8 Å². The number of ether oxygens (including phenoxy) is 4. The highest BCUT2D eigenvalue weighted by Crippen LogP contribution is 2.30. The van der Waals surface area contributed by atoms with E-state index in [2.05, 4.69) is 31.3 Å². The van der Waals surface area contributed by atoms with Crippen molar-refractivity contribution >= 4 is 5.91 Å². The van der Waals surface area contributed by atoms with Gasteiger partial charge in [0, 0.05) is 6.42 Å². The van der Waals surface area contributed by atoms with E-state index in [4.69, 9.17) is 18.9 Å². The molecule has 0 spiro atoms. The molecule has 2 heterocycles. The zero-order valence-corrected chi connectivity index (χ0v) is 51.4. The molecule has 0 aromatic carbocycles. The van der Waals surface area contributed by atoms with Crippen molar-refractivity contribution in [1.82, 2.24) is 5.32 Å². The Bertz CT molecular complexity index is 1390. The number of aliphatic hydroxyl groups excluding tert-OH is 8. The zero-order chi connectivity index (χ0) is 58.1. The lowest BCUT2D eigenvalue weighted by Gasteiger charge is -2.46. The molecule has 0 aromatic heterocycles. The largest absolute Gasteiger partial charge is 0.394 e. The zero-order valence-electron chi connectivity index (χ0n) is 51.4. The van der Waals surface area contributed by atoms with E-state index in [1.165, 1.54) is 231 Å².